The number of hydrogen-bond donors (Lipinski definition) is 8. The lowest BCUT2D eigenvalue weighted by atomic mass is 9.70. The molecule has 0 aromatic rings. The lowest BCUT2D eigenvalue weighted by molar-refractivity contribution is -0.242. The molecule has 4 saturated carbocycles. The van der Waals surface area contributed by atoms with Crippen LogP contribution in [0.25, 0.3) is 0 Å². The van der Waals surface area contributed by atoms with E-state index in [0.29, 0.717) is 63.3 Å². The van der Waals surface area contributed by atoms with E-state index in [1.54, 1.807) is 0 Å². The van der Waals surface area contributed by atoms with Crippen LogP contribution in [0.15, 0.2) is 0 Å². The zero-order chi connectivity index (χ0) is 101. The van der Waals surface area contributed by atoms with E-state index in [2.05, 4.69) is 71.3 Å². The molecule has 8 bridgehead atoms. The Hall–Kier alpha value is -0.640. The molecule has 24 unspecified atom stereocenters. The molecule has 144 heavy (non-hydrogen) atoms. The Morgan fingerprint density at radius 3 is 0.361 bits per heavy atom. The average molecular weight is 2030 g/mol. The lowest BCUT2D eigenvalue weighted by Gasteiger charge is -2.51. The Balaban J connectivity index is 1.18. The smallest absolute Gasteiger partial charge is 0.113 e. The number of rotatable bonds is 96. The molecule has 9 aliphatic rings. The van der Waals surface area contributed by atoms with Crippen molar-refractivity contribution in [2.75, 3.05) is 52.9 Å². The summed E-state index contributed by atoms with van der Waals surface area (Å²) in [5.74, 6) is 1.85. The van der Waals surface area contributed by atoms with Crippen LogP contribution in [0, 0.1) is 47.3 Å². The molecule has 24 atom stereocenters. The van der Waals surface area contributed by atoms with Gasteiger partial charge in [-0.3, -0.25) is 42.5 Å². The molecule has 9 rings (SSSR count). The van der Waals surface area contributed by atoms with E-state index in [1.165, 1.54) is 514 Å². The Labute approximate surface area is 893 Å². The summed E-state index contributed by atoms with van der Waals surface area (Å²) < 4.78 is 64.7. The molecule has 16 heteroatoms. The van der Waals surface area contributed by atoms with Crippen molar-refractivity contribution in [3.8, 4) is 0 Å². The molecule has 0 aromatic heterocycles. The van der Waals surface area contributed by atoms with Crippen LogP contribution in [0.3, 0.4) is 0 Å². The van der Waals surface area contributed by atoms with Crippen LogP contribution in [0.2, 0.25) is 0 Å². The first-order valence-electron chi connectivity index (χ1n) is 66.4. The van der Waals surface area contributed by atoms with Gasteiger partial charge in [-0.25, -0.2) is 0 Å². The SMILES string of the molecule is CCCCCCCCCCCCOC1C(OCCCCCCCCCCCC)C(OCCCCCCCCCCCC)C2C3NC(NC4NC(NC5NC(NC6NC(N3)C3C(OCCCCCCCCCCCC)C(OCCCCCCCCCCCC)C(OCCCCCCCCCCCC)C(OCCCCCCCCCCCC)C63)C3CCCCC53)C3CCCCC43)C2C1OCCCCCCCCCCCC. The van der Waals surface area contributed by atoms with E-state index in [9.17, 15) is 0 Å². The quantitative estimate of drug-likeness (QED) is 0.0270. The van der Waals surface area contributed by atoms with Crippen molar-refractivity contribution >= 4 is 0 Å². The topological polar surface area (TPSA) is 170 Å². The molecule has 8 N–H and O–H groups in total. The highest BCUT2D eigenvalue weighted by Crippen LogP contribution is 2.51. The van der Waals surface area contributed by atoms with Crippen LogP contribution in [-0.4, -0.2) is 151 Å². The van der Waals surface area contributed by atoms with Crippen molar-refractivity contribution < 1.29 is 37.9 Å². The van der Waals surface area contributed by atoms with E-state index in [-0.39, 0.29) is 122 Å². The second kappa shape index (κ2) is 84.6. The van der Waals surface area contributed by atoms with Crippen LogP contribution in [0.5, 0.6) is 0 Å². The van der Waals surface area contributed by atoms with Crippen molar-refractivity contribution in [3.63, 3.8) is 0 Å². The maximum absolute atomic E-state index is 8.20. The summed E-state index contributed by atoms with van der Waals surface area (Å²) in [6.07, 6.45) is 111. The van der Waals surface area contributed by atoms with Gasteiger partial charge in [-0.1, -0.05) is 543 Å². The van der Waals surface area contributed by atoms with Crippen molar-refractivity contribution in [1.29, 1.82) is 0 Å². The van der Waals surface area contributed by atoms with Gasteiger partial charge >= 0.3 is 0 Å². The van der Waals surface area contributed by atoms with Gasteiger partial charge in [-0.15, -0.1) is 0 Å². The zero-order valence-electron chi connectivity index (χ0n) is 97.0. The molecule has 5 heterocycles. The van der Waals surface area contributed by atoms with Gasteiger partial charge in [-0.2, -0.15) is 0 Å². The molecule has 0 aromatic carbocycles. The molecular weight excluding hydrogens is 1780 g/mol. The molecule has 0 spiro atoms. The first kappa shape index (κ1) is 127. The highest BCUT2D eigenvalue weighted by atomic mass is 16.6. The maximum Gasteiger partial charge on any atom is 0.113 e. The predicted octanol–water partition coefficient (Wildman–Crippen LogP) is 33.9. The fourth-order valence-corrected chi connectivity index (χ4v) is 28.0. The normalized spacial score (nSPS) is 28.8. The van der Waals surface area contributed by atoms with Crippen LogP contribution >= 0.6 is 0 Å². The average Bonchev–Trinajstić information content (AvgIpc) is 1.56. The van der Waals surface area contributed by atoms with Crippen LogP contribution in [0.4, 0.5) is 0 Å². The molecule has 9 fully saturated rings. The van der Waals surface area contributed by atoms with Crippen LogP contribution in [-0.2, 0) is 37.9 Å². The van der Waals surface area contributed by atoms with Gasteiger partial charge in [0.2, 0.25) is 0 Å². The van der Waals surface area contributed by atoms with Crippen molar-refractivity contribution in [3.05, 3.63) is 0 Å². The fourth-order valence-electron chi connectivity index (χ4n) is 28.0. The van der Waals surface area contributed by atoms with Crippen molar-refractivity contribution in [2.45, 2.75) is 719 Å². The van der Waals surface area contributed by atoms with Gasteiger partial charge in [0.05, 0.1) is 73.7 Å². The van der Waals surface area contributed by atoms with Crippen molar-refractivity contribution in [2.24, 2.45) is 47.3 Å². The minimum atomic E-state index is -0.329. The molecule has 16 nitrogen and oxygen atoms in total. The Morgan fingerprint density at radius 1 is 0.125 bits per heavy atom. The Bertz CT molecular complexity index is 2680. The molecule has 5 saturated heterocycles. The number of unbranched alkanes of at least 4 members (excludes halogenated alkanes) is 72. The van der Waals surface area contributed by atoms with E-state index in [1.807, 2.05) is 0 Å². The van der Waals surface area contributed by atoms with Gasteiger partial charge in [0.1, 0.15) is 24.4 Å². The van der Waals surface area contributed by atoms with E-state index >= 15 is 0 Å². The minimum absolute atomic E-state index is 0.0239. The zero-order valence-corrected chi connectivity index (χ0v) is 97.0. The van der Waals surface area contributed by atoms with E-state index < -0.39 is 0 Å². The monoisotopic (exact) mass is 2030 g/mol. The third-order valence-electron chi connectivity index (χ3n) is 36.7. The highest BCUT2D eigenvalue weighted by molar-refractivity contribution is 5.17. The molecule has 0 amide bonds. The minimum Gasteiger partial charge on any atom is -0.375 e. The van der Waals surface area contributed by atoms with Crippen LogP contribution < -0.4 is 42.5 Å². The van der Waals surface area contributed by atoms with E-state index in [0.717, 1.165) is 64.6 Å². The first-order chi connectivity index (χ1) is 71.4. The van der Waals surface area contributed by atoms with E-state index in [4.69, 9.17) is 64.5 Å². The lowest BCUT2D eigenvalue weighted by Crippen LogP contribution is -2.67. The molecule has 4 aliphatic carbocycles. The summed E-state index contributed by atoms with van der Waals surface area (Å²) in [5, 5.41) is 37.6. The summed E-state index contributed by atoms with van der Waals surface area (Å²) in [4.78, 5) is 0. The van der Waals surface area contributed by atoms with Crippen molar-refractivity contribution in [1.82, 2.24) is 42.5 Å². The number of hydrogen-bond acceptors (Lipinski definition) is 16. The molecule has 848 valence electrons. The number of nitrogens with one attached hydrogen (secondary N) is 8. The summed E-state index contributed by atoms with van der Waals surface area (Å²) in [6.45, 7) is 24.5. The first-order valence-corrected chi connectivity index (χ1v) is 66.4. The number of ether oxygens (including phenoxy) is 8. The third-order valence-corrected chi connectivity index (χ3v) is 36.7. The second-order valence-corrected chi connectivity index (χ2v) is 48.8. The standard InChI is InChI=1S/C128H248N8O8/c1-9-17-25-33-41-49-57-65-73-85-97-137-113-109-111(115(139-99-87-75-67-59-51-43-35-27-19-11-3)119(143-103-91-79-71-63-55-47-39-31-23-15-7)117(113)141-101-89-77-69-61-53-45-37-29-21-13-5)127-134-125(109)132-123-107-95-83-81-93-105(107)121(130-123)129-122-106-94-82-84-96-108(106)124(131-122)133-126-110-112(128(135-126)136-127)116(140-100-88-76-68-60-52-44-36-28-20-12-4)120(144-104-92-80-72-64-56-48-40-32-24-16-8)118(142-102-90-78-70-62-54-46-38-30-22-14-6)114(110)138-98-86-74-66-58-50-42-34-26-18-10-2/h105-136H,9-104H2,1-8H3. The molecule has 5 aliphatic heterocycles. The van der Waals surface area contributed by atoms with Gasteiger partial charge in [0.25, 0.3) is 0 Å². The Morgan fingerprint density at radius 2 is 0.229 bits per heavy atom. The summed E-state index contributed by atoms with van der Waals surface area (Å²) >= 11 is 0. The van der Waals surface area contributed by atoms with Gasteiger partial charge in [0, 0.05) is 76.5 Å². The predicted molar refractivity (Wildman–Crippen MR) is 613 cm³/mol. The summed E-state index contributed by atoms with van der Waals surface area (Å²) in [6, 6.07) is 0. The van der Waals surface area contributed by atoms with Crippen LogP contribution in [0.1, 0.15) is 620 Å². The van der Waals surface area contributed by atoms with Gasteiger partial charge < -0.3 is 37.9 Å². The summed E-state index contributed by atoms with van der Waals surface area (Å²) in [7, 11) is 0. The fraction of sp³-hybridized carbons (Fsp3) is 1.00. The van der Waals surface area contributed by atoms with Gasteiger partial charge in [0.15, 0.2) is 0 Å². The Kier molecular flexibility index (Phi) is 74.5. The molecule has 0 radical (unpaired) electrons. The highest BCUT2D eigenvalue weighted by Gasteiger charge is 2.66. The summed E-state index contributed by atoms with van der Waals surface area (Å²) in [5.41, 5.74) is 0. The second-order valence-electron chi connectivity index (χ2n) is 48.8. The maximum atomic E-state index is 8.20. The largest absolute Gasteiger partial charge is 0.375 e. The van der Waals surface area contributed by atoms with Gasteiger partial charge in [-0.05, 0) is 101 Å². The number of fused-ring (bicyclic) bond motifs is 20. The third kappa shape index (κ3) is 49.4. The molecular formula is C128H248N8O8.